The zero-order valence-electron chi connectivity index (χ0n) is 19.5. The van der Waals surface area contributed by atoms with Crippen LogP contribution in [0.3, 0.4) is 0 Å². The van der Waals surface area contributed by atoms with Gasteiger partial charge in [0, 0.05) is 57.0 Å². The summed E-state index contributed by atoms with van der Waals surface area (Å²) in [6, 6.07) is 21.6. The van der Waals surface area contributed by atoms with Crippen LogP contribution in [0.4, 0.5) is 5.69 Å². The van der Waals surface area contributed by atoms with E-state index in [4.69, 9.17) is 0 Å². The van der Waals surface area contributed by atoms with Crippen LogP contribution < -0.4 is 15.5 Å². The molecule has 0 amide bonds. The van der Waals surface area contributed by atoms with E-state index in [9.17, 15) is 0 Å². The predicted molar refractivity (Wildman–Crippen MR) is 148 cm³/mol. The van der Waals surface area contributed by atoms with Crippen LogP contribution in [-0.2, 0) is 13.1 Å². The van der Waals surface area contributed by atoms with E-state index < -0.39 is 0 Å². The number of halogens is 1. The van der Waals surface area contributed by atoms with Crippen molar-refractivity contribution < 1.29 is 0 Å². The second-order valence-electron chi connectivity index (χ2n) is 9.33. The lowest BCUT2D eigenvalue weighted by molar-refractivity contribution is 0.114. The summed E-state index contributed by atoms with van der Waals surface area (Å²) < 4.78 is 0. The van der Waals surface area contributed by atoms with Gasteiger partial charge < -0.3 is 15.5 Å². The van der Waals surface area contributed by atoms with Crippen LogP contribution in [0.25, 0.3) is 0 Å². The number of piperidine rings is 1. The fourth-order valence-electron chi connectivity index (χ4n) is 5.57. The summed E-state index contributed by atoms with van der Waals surface area (Å²) in [6.07, 6.45) is 9.49. The predicted octanol–water partition coefficient (Wildman–Crippen LogP) is 4.54. The van der Waals surface area contributed by atoms with E-state index in [1.54, 1.807) is 0 Å². The van der Waals surface area contributed by atoms with Gasteiger partial charge in [0.05, 0.1) is 0 Å². The van der Waals surface area contributed by atoms with Crippen molar-refractivity contribution in [3.8, 4) is 0 Å². The monoisotopic (exact) mass is 557 g/mol. The zero-order chi connectivity index (χ0) is 21.8. The number of fused-ring (bicyclic) bond motifs is 2. The molecule has 3 aliphatic heterocycles. The van der Waals surface area contributed by atoms with Crippen molar-refractivity contribution >= 4 is 35.6 Å². The van der Waals surface area contributed by atoms with Gasteiger partial charge in [0.15, 0.2) is 5.96 Å². The molecular formula is C27H36IN5. The highest BCUT2D eigenvalue weighted by molar-refractivity contribution is 14.0. The van der Waals surface area contributed by atoms with E-state index >= 15 is 0 Å². The molecule has 176 valence electrons. The Labute approximate surface area is 215 Å². The average Bonchev–Trinajstić information content (AvgIpc) is 3.44. The average molecular weight is 558 g/mol. The molecule has 2 bridgehead atoms. The minimum atomic E-state index is 0. The van der Waals surface area contributed by atoms with Crippen molar-refractivity contribution in [1.29, 1.82) is 0 Å². The van der Waals surface area contributed by atoms with Gasteiger partial charge in [0.25, 0.3) is 0 Å². The zero-order valence-corrected chi connectivity index (χ0v) is 21.8. The lowest BCUT2D eigenvalue weighted by atomic mass is 9.96. The maximum Gasteiger partial charge on any atom is 0.191 e. The van der Waals surface area contributed by atoms with Crippen molar-refractivity contribution in [2.45, 2.75) is 56.9 Å². The van der Waals surface area contributed by atoms with Gasteiger partial charge in [-0.3, -0.25) is 9.89 Å². The number of benzene rings is 2. The van der Waals surface area contributed by atoms with Crippen molar-refractivity contribution in [2.75, 3.05) is 25.0 Å². The van der Waals surface area contributed by atoms with Gasteiger partial charge in [-0.05, 0) is 48.9 Å². The molecule has 2 saturated heterocycles. The summed E-state index contributed by atoms with van der Waals surface area (Å²) in [4.78, 5) is 9.64. The largest absolute Gasteiger partial charge is 0.364 e. The van der Waals surface area contributed by atoms with E-state index in [-0.39, 0.29) is 24.0 Å². The first-order chi connectivity index (χ1) is 15.8. The van der Waals surface area contributed by atoms with Crippen molar-refractivity contribution in [3.05, 3.63) is 77.9 Å². The number of hydrogen-bond donors (Lipinski definition) is 2. The molecule has 0 spiro atoms. The first-order valence-corrected chi connectivity index (χ1v) is 12.0. The summed E-state index contributed by atoms with van der Waals surface area (Å²) in [5.74, 6) is 0.916. The molecular weight excluding hydrogens is 521 g/mol. The smallest absolute Gasteiger partial charge is 0.191 e. The van der Waals surface area contributed by atoms with Crippen LogP contribution in [-0.4, -0.2) is 49.1 Å². The summed E-state index contributed by atoms with van der Waals surface area (Å²) >= 11 is 0. The Balaban J connectivity index is 0.00000259. The van der Waals surface area contributed by atoms with Gasteiger partial charge in [-0.15, -0.1) is 24.0 Å². The van der Waals surface area contributed by atoms with Crippen LogP contribution in [0, 0.1) is 0 Å². The van der Waals surface area contributed by atoms with Crippen molar-refractivity contribution in [2.24, 2.45) is 4.99 Å². The third-order valence-electron chi connectivity index (χ3n) is 7.21. The quantitative estimate of drug-likeness (QED) is 0.237. The molecule has 2 atom stereocenters. The lowest BCUT2D eigenvalue weighted by Crippen LogP contribution is -2.52. The van der Waals surface area contributed by atoms with Gasteiger partial charge in [0.2, 0.25) is 0 Å². The lowest BCUT2D eigenvalue weighted by Gasteiger charge is -2.39. The van der Waals surface area contributed by atoms with Crippen LogP contribution in [0.15, 0.2) is 71.7 Å². The molecule has 0 aliphatic carbocycles. The molecule has 2 unspecified atom stereocenters. The molecule has 2 aromatic carbocycles. The summed E-state index contributed by atoms with van der Waals surface area (Å²) in [5.41, 5.74) is 4.01. The maximum absolute atomic E-state index is 4.51. The standard InChI is InChI=1S/C27H35N5.HI/c1-28-27(29-19-22-10-7-11-24(16-22)31-14-5-6-15-31)30-23-17-25-12-13-26(18-23)32(25)20-21-8-3-2-4-9-21;/h2-11,16,23,25-26H,12-15,17-20H2,1H3,(H2,28,29,30);1H. The van der Waals surface area contributed by atoms with Crippen molar-refractivity contribution in [1.82, 2.24) is 15.5 Å². The second kappa shape index (κ2) is 11.4. The fourth-order valence-corrected chi connectivity index (χ4v) is 5.57. The first-order valence-electron chi connectivity index (χ1n) is 12.0. The Kier molecular flexibility index (Phi) is 8.30. The Hall–Kier alpha value is -2.06. The first kappa shape index (κ1) is 24.1. The second-order valence-corrected chi connectivity index (χ2v) is 9.33. The molecule has 3 aliphatic rings. The summed E-state index contributed by atoms with van der Waals surface area (Å²) in [6.45, 7) is 3.88. The molecule has 2 fully saturated rings. The van der Waals surface area contributed by atoms with Gasteiger partial charge in [-0.2, -0.15) is 0 Å². The van der Waals surface area contributed by atoms with E-state index in [0.29, 0.717) is 18.1 Å². The number of nitrogens with one attached hydrogen (secondary N) is 2. The summed E-state index contributed by atoms with van der Waals surface area (Å²) in [5, 5.41) is 7.27. The van der Waals surface area contributed by atoms with E-state index in [0.717, 1.165) is 32.1 Å². The van der Waals surface area contributed by atoms with E-state index in [1.165, 1.54) is 42.5 Å². The van der Waals surface area contributed by atoms with Crippen LogP contribution in [0.5, 0.6) is 0 Å². The number of guanidine groups is 1. The molecule has 5 nitrogen and oxygen atoms in total. The topological polar surface area (TPSA) is 42.9 Å². The van der Waals surface area contributed by atoms with Gasteiger partial charge in [-0.25, -0.2) is 0 Å². The van der Waals surface area contributed by atoms with Crippen molar-refractivity contribution in [3.63, 3.8) is 0 Å². The van der Waals surface area contributed by atoms with Crippen LogP contribution in [0.2, 0.25) is 0 Å². The van der Waals surface area contributed by atoms with Gasteiger partial charge >= 0.3 is 0 Å². The molecule has 0 radical (unpaired) electrons. The number of anilines is 1. The third-order valence-corrected chi connectivity index (χ3v) is 7.21. The minimum Gasteiger partial charge on any atom is -0.364 e. The minimum absolute atomic E-state index is 0. The summed E-state index contributed by atoms with van der Waals surface area (Å²) in [7, 11) is 1.88. The molecule has 5 rings (SSSR count). The Morgan fingerprint density at radius 1 is 0.939 bits per heavy atom. The molecule has 33 heavy (non-hydrogen) atoms. The number of aliphatic imine (C=N–C) groups is 1. The van der Waals surface area contributed by atoms with E-state index in [2.05, 4.69) is 92.2 Å². The third kappa shape index (κ3) is 5.90. The van der Waals surface area contributed by atoms with Gasteiger partial charge in [-0.1, -0.05) is 54.6 Å². The number of hydrogen-bond acceptors (Lipinski definition) is 3. The molecule has 2 aromatic rings. The van der Waals surface area contributed by atoms with Crippen LogP contribution in [0.1, 0.15) is 36.8 Å². The Morgan fingerprint density at radius 2 is 1.64 bits per heavy atom. The normalized spacial score (nSPS) is 24.6. The molecule has 0 saturated carbocycles. The molecule has 3 heterocycles. The van der Waals surface area contributed by atoms with E-state index in [1.807, 2.05) is 7.05 Å². The number of nitrogens with zero attached hydrogens (tertiary/aromatic N) is 3. The Bertz CT molecular complexity index is 938. The highest BCUT2D eigenvalue weighted by atomic mass is 127. The molecule has 6 heteroatoms. The molecule has 0 aromatic heterocycles. The molecule has 2 N–H and O–H groups in total. The highest BCUT2D eigenvalue weighted by Crippen LogP contribution is 2.36. The van der Waals surface area contributed by atoms with Crippen LogP contribution >= 0.6 is 24.0 Å². The van der Waals surface area contributed by atoms with Gasteiger partial charge in [0.1, 0.15) is 0 Å². The SMILES string of the molecule is CN=C(NCc1cccc(N2CC=CC2)c1)NC1CC2CCC(C1)N2Cc1ccccc1.I. The Morgan fingerprint density at radius 3 is 2.33 bits per heavy atom. The maximum atomic E-state index is 4.51. The fraction of sp³-hybridized carbons (Fsp3) is 0.444. The highest BCUT2D eigenvalue weighted by Gasteiger charge is 2.40. The number of rotatable bonds is 6.